The van der Waals surface area contributed by atoms with Crippen LogP contribution in [0.1, 0.15) is 62.5 Å². The minimum Gasteiger partial charge on any atom is -0.508 e. The molecule has 0 radical (unpaired) electrons. The molecule has 51 heavy (non-hydrogen) atoms. The van der Waals surface area contributed by atoms with Gasteiger partial charge in [0, 0.05) is 31.8 Å². The number of nitrogens with zero attached hydrogens (tertiary/aromatic N) is 1. The summed E-state index contributed by atoms with van der Waals surface area (Å²) in [7, 11) is 0. The van der Waals surface area contributed by atoms with Crippen LogP contribution >= 0.6 is 0 Å². The maximum atomic E-state index is 14.1. The Morgan fingerprint density at radius 2 is 1.37 bits per heavy atom. The summed E-state index contributed by atoms with van der Waals surface area (Å²) in [4.78, 5) is 70.4. The molecule has 1 saturated heterocycles. The van der Waals surface area contributed by atoms with E-state index in [1.54, 1.807) is 12.1 Å². The Labute approximate surface area is 296 Å². The third-order valence-electron chi connectivity index (χ3n) is 8.75. The van der Waals surface area contributed by atoms with Gasteiger partial charge in [-0.1, -0.05) is 67.4 Å². The van der Waals surface area contributed by atoms with Crippen molar-refractivity contribution in [2.24, 2.45) is 16.5 Å². The van der Waals surface area contributed by atoms with Crippen LogP contribution < -0.4 is 32.7 Å². The number of aliphatic carboxylic acids is 1. The van der Waals surface area contributed by atoms with E-state index in [9.17, 15) is 29.1 Å². The number of phenols is 1. The van der Waals surface area contributed by atoms with E-state index in [1.165, 1.54) is 12.1 Å². The van der Waals surface area contributed by atoms with Crippen molar-refractivity contribution in [3.05, 3.63) is 77.9 Å². The average molecular weight is 702 g/mol. The lowest BCUT2D eigenvalue weighted by atomic mass is 9.97. The number of fused-ring (bicyclic) bond motifs is 1. The molecule has 10 N–H and O–H groups in total. The number of phenolic OH excluding ortho intramolecular Hbond substituents is 1. The van der Waals surface area contributed by atoms with Gasteiger partial charge >= 0.3 is 5.97 Å². The Bertz CT molecular complexity index is 1700. The summed E-state index contributed by atoms with van der Waals surface area (Å²) in [5.74, 6) is -3.13. The Balaban J connectivity index is 1.67. The lowest BCUT2D eigenvalue weighted by Gasteiger charge is -2.26. The molecule has 1 fully saturated rings. The molecule has 1 aliphatic rings. The van der Waals surface area contributed by atoms with E-state index in [2.05, 4.69) is 26.3 Å². The predicted molar refractivity (Wildman–Crippen MR) is 192 cm³/mol. The Morgan fingerprint density at radius 1 is 0.725 bits per heavy atom. The molecule has 0 spiro atoms. The van der Waals surface area contributed by atoms with Crippen molar-refractivity contribution < 1.29 is 34.2 Å². The van der Waals surface area contributed by atoms with Gasteiger partial charge in [-0.25, -0.2) is 0 Å². The fourth-order valence-corrected chi connectivity index (χ4v) is 6.16. The molecule has 14 heteroatoms. The summed E-state index contributed by atoms with van der Waals surface area (Å²) in [5, 5.41) is 32.1. The maximum Gasteiger partial charge on any atom is 0.303 e. The smallest absolute Gasteiger partial charge is 0.303 e. The van der Waals surface area contributed by atoms with Gasteiger partial charge in [-0.3, -0.25) is 29.0 Å². The van der Waals surface area contributed by atoms with Gasteiger partial charge in [0.2, 0.25) is 23.6 Å². The lowest BCUT2D eigenvalue weighted by molar-refractivity contribution is -0.137. The van der Waals surface area contributed by atoms with Gasteiger partial charge in [0.15, 0.2) is 5.96 Å². The molecule has 0 saturated carbocycles. The number of nitrogens with one attached hydrogen (secondary N) is 4. The number of benzene rings is 3. The molecule has 0 aromatic heterocycles. The highest BCUT2D eigenvalue weighted by atomic mass is 16.4. The predicted octanol–water partition coefficient (Wildman–Crippen LogP) is 1.76. The number of carbonyl (C=O) groups excluding carboxylic acids is 4. The zero-order chi connectivity index (χ0) is 36.8. The van der Waals surface area contributed by atoms with Gasteiger partial charge in [0.1, 0.15) is 23.9 Å². The van der Waals surface area contributed by atoms with E-state index < -0.39 is 53.8 Å². The summed E-state index contributed by atoms with van der Waals surface area (Å²) in [6.45, 7) is 0.213. The first-order chi connectivity index (χ1) is 24.5. The van der Waals surface area contributed by atoms with Crippen LogP contribution in [0.25, 0.3) is 10.8 Å². The topological polar surface area (TPSA) is 238 Å². The molecular weight excluding hydrogens is 654 g/mol. The number of nitrogens with two attached hydrogens (primary N) is 2. The van der Waals surface area contributed by atoms with Crippen molar-refractivity contribution >= 4 is 46.3 Å². The van der Waals surface area contributed by atoms with Crippen molar-refractivity contribution in [2.45, 2.75) is 88.4 Å². The van der Waals surface area contributed by atoms with Gasteiger partial charge < -0.3 is 42.9 Å². The van der Waals surface area contributed by atoms with E-state index in [-0.39, 0.29) is 56.8 Å². The summed E-state index contributed by atoms with van der Waals surface area (Å²) in [6, 6.07) is 15.9. The van der Waals surface area contributed by atoms with Crippen LogP contribution in [-0.4, -0.2) is 76.5 Å². The molecule has 272 valence electrons. The number of carboxylic acid groups (broad SMARTS) is 1. The molecule has 3 aromatic carbocycles. The highest BCUT2D eigenvalue weighted by Crippen LogP contribution is 2.21. The van der Waals surface area contributed by atoms with E-state index in [0.717, 1.165) is 21.9 Å². The molecule has 1 heterocycles. The van der Waals surface area contributed by atoms with Crippen molar-refractivity contribution in [1.29, 1.82) is 0 Å². The second-order valence-electron chi connectivity index (χ2n) is 12.8. The van der Waals surface area contributed by atoms with E-state index in [0.29, 0.717) is 25.7 Å². The summed E-state index contributed by atoms with van der Waals surface area (Å²) >= 11 is 0. The second-order valence-corrected chi connectivity index (χ2v) is 12.8. The number of rotatable bonds is 14. The molecule has 0 bridgehead atoms. The van der Waals surface area contributed by atoms with Crippen LogP contribution in [0.2, 0.25) is 0 Å². The molecule has 4 rings (SSSR count). The number of carboxylic acids is 1. The molecule has 0 aliphatic carbocycles. The number of aromatic hydroxyl groups is 1. The van der Waals surface area contributed by atoms with E-state index >= 15 is 0 Å². The third-order valence-corrected chi connectivity index (χ3v) is 8.75. The van der Waals surface area contributed by atoms with Crippen molar-refractivity contribution in [3.8, 4) is 5.75 Å². The van der Waals surface area contributed by atoms with E-state index in [4.69, 9.17) is 16.6 Å². The fourth-order valence-electron chi connectivity index (χ4n) is 6.16. The van der Waals surface area contributed by atoms with Gasteiger partial charge in [0.05, 0.1) is 0 Å². The van der Waals surface area contributed by atoms with Crippen molar-refractivity contribution in [1.82, 2.24) is 21.3 Å². The summed E-state index contributed by atoms with van der Waals surface area (Å²) in [6.07, 6.45) is 2.19. The lowest BCUT2D eigenvalue weighted by Crippen LogP contribution is -2.56. The normalized spacial score (nSPS) is 20.1. The third kappa shape index (κ3) is 12.3. The van der Waals surface area contributed by atoms with E-state index in [1.807, 2.05) is 42.5 Å². The molecule has 3 aromatic rings. The van der Waals surface area contributed by atoms with Crippen LogP contribution in [0.4, 0.5) is 0 Å². The number of aliphatic imine (C=N–C) groups is 1. The van der Waals surface area contributed by atoms with Crippen LogP contribution in [0.15, 0.2) is 71.7 Å². The Hall–Kier alpha value is -5.66. The summed E-state index contributed by atoms with van der Waals surface area (Å²) < 4.78 is 0. The number of carbonyl (C=O) groups is 5. The highest BCUT2D eigenvalue weighted by Gasteiger charge is 2.32. The summed E-state index contributed by atoms with van der Waals surface area (Å²) in [5.41, 5.74) is 12.5. The number of amides is 4. The SMILES string of the molecule is NC(N)=NCCC[C@@H]1NC(=O)C[C@H](Cc2ccc(O)cc2)NC(=O)[C@H](Cc2cccc3ccccc23)NC(=O)[C@H](CCCCCC(=O)O)NC1=O. The molecule has 4 amide bonds. The molecule has 1 aliphatic heterocycles. The number of hydrogen-bond donors (Lipinski definition) is 8. The fraction of sp³-hybridized carbons (Fsp3) is 0.405. The van der Waals surface area contributed by atoms with Crippen molar-refractivity contribution in [3.63, 3.8) is 0 Å². The number of guanidine groups is 1. The van der Waals surface area contributed by atoms with Crippen LogP contribution in [0.3, 0.4) is 0 Å². The van der Waals surface area contributed by atoms with Crippen molar-refractivity contribution in [2.75, 3.05) is 6.54 Å². The van der Waals surface area contributed by atoms with Crippen LogP contribution in [0, 0.1) is 0 Å². The minimum absolute atomic E-state index is 0.0221. The van der Waals surface area contributed by atoms with Gasteiger partial charge in [-0.05, 0) is 66.1 Å². The quantitative estimate of drug-likeness (QED) is 0.0693. The molecular formula is C37H47N7O7. The first-order valence-corrected chi connectivity index (χ1v) is 17.2. The minimum atomic E-state index is -1.07. The standard InChI is InChI=1S/C37H47N7O7/c38-37(39)40-19-7-13-29-34(49)43-30(12-2-1-3-14-33(47)48)35(50)44-31(21-25-10-6-9-24-8-4-5-11-28(24)25)36(51)41-26(22-32(46)42-29)20-23-15-17-27(45)18-16-23/h4-6,8-11,15-18,26,29-31,45H,1-3,7,12-14,19-22H2,(H,41,51)(H,42,46)(H,43,49)(H,44,50)(H,47,48)(H4,38,39,40)/t26-,29-,30-,31-/m0/s1. The average Bonchev–Trinajstić information content (AvgIpc) is 3.09. The first-order valence-electron chi connectivity index (χ1n) is 17.2. The zero-order valence-electron chi connectivity index (χ0n) is 28.5. The Morgan fingerprint density at radius 3 is 2.10 bits per heavy atom. The van der Waals surface area contributed by atoms with Crippen LogP contribution in [-0.2, 0) is 36.8 Å². The number of unbranched alkanes of at least 4 members (excludes halogenated alkanes) is 2. The molecule has 14 nitrogen and oxygen atoms in total. The zero-order valence-corrected chi connectivity index (χ0v) is 28.5. The molecule has 4 atom stereocenters. The second kappa shape index (κ2) is 18.9. The highest BCUT2D eigenvalue weighted by molar-refractivity contribution is 5.95. The molecule has 0 unspecified atom stereocenters. The first kappa shape index (κ1) is 38.1. The monoisotopic (exact) mass is 701 g/mol. The largest absolute Gasteiger partial charge is 0.508 e. The Kier molecular flexibility index (Phi) is 14.2. The van der Waals surface area contributed by atoms with Crippen LogP contribution in [0.5, 0.6) is 5.75 Å². The maximum absolute atomic E-state index is 14.1. The van der Waals surface area contributed by atoms with Gasteiger partial charge in [0.25, 0.3) is 0 Å². The van der Waals surface area contributed by atoms with Gasteiger partial charge in [-0.15, -0.1) is 0 Å². The number of hydrogen-bond acceptors (Lipinski definition) is 7. The van der Waals surface area contributed by atoms with Gasteiger partial charge in [-0.2, -0.15) is 0 Å².